The van der Waals surface area contributed by atoms with Gasteiger partial charge in [0, 0.05) is 6.54 Å². The molecule has 0 bridgehead atoms. The molecule has 1 heterocycles. The third-order valence-corrected chi connectivity index (χ3v) is 5.54. The topological polar surface area (TPSA) is 40.5 Å². The summed E-state index contributed by atoms with van der Waals surface area (Å²) < 4.78 is 0. The average Bonchev–Trinajstić information content (AvgIpc) is 3.22. The van der Waals surface area contributed by atoms with E-state index in [1.807, 2.05) is 54.6 Å². The summed E-state index contributed by atoms with van der Waals surface area (Å²) >= 11 is 0. The van der Waals surface area contributed by atoms with Crippen LogP contribution in [0.25, 0.3) is 0 Å². The monoisotopic (exact) mass is 357 g/mol. The first-order valence-electron chi connectivity index (χ1n) is 9.40. The smallest absolute Gasteiger partial charge is 0.320 e. The summed E-state index contributed by atoms with van der Waals surface area (Å²) in [6.45, 7) is 0.746. The highest BCUT2D eigenvalue weighted by atomic mass is 16.4. The number of carbonyl (C=O) groups is 1. The van der Waals surface area contributed by atoms with Crippen LogP contribution in [0.1, 0.15) is 29.5 Å². The molecule has 1 aliphatic heterocycles. The van der Waals surface area contributed by atoms with Crippen molar-refractivity contribution >= 4 is 5.97 Å². The number of benzene rings is 3. The van der Waals surface area contributed by atoms with Gasteiger partial charge in [0.2, 0.25) is 0 Å². The largest absolute Gasteiger partial charge is 0.480 e. The summed E-state index contributed by atoms with van der Waals surface area (Å²) in [5.74, 6) is -0.750. The number of nitrogens with zero attached hydrogens (tertiary/aromatic N) is 1. The Morgan fingerprint density at radius 1 is 0.778 bits per heavy atom. The SMILES string of the molecule is O=C(O)[C@@H]1CCCN1C(c1ccccc1)(c1ccccc1)c1ccccc1. The molecule has 0 radical (unpaired) electrons. The predicted octanol–water partition coefficient (Wildman–Crippen LogP) is 4.53. The van der Waals surface area contributed by atoms with Gasteiger partial charge in [0.25, 0.3) is 0 Å². The molecule has 3 aromatic rings. The quantitative estimate of drug-likeness (QED) is 0.682. The van der Waals surface area contributed by atoms with Gasteiger partial charge in [-0.1, -0.05) is 91.0 Å². The summed E-state index contributed by atoms with van der Waals surface area (Å²) in [6, 6.07) is 30.3. The maximum Gasteiger partial charge on any atom is 0.320 e. The Labute approximate surface area is 159 Å². The Kier molecular flexibility index (Phi) is 4.78. The molecular formula is C24H23NO2. The third-order valence-electron chi connectivity index (χ3n) is 5.54. The van der Waals surface area contributed by atoms with Gasteiger partial charge in [-0.3, -0.25) is 9.69 Å². The van der Waals surface area contributed by atoms with Crippen LogP contribution in [0.2, 0.25) is 0 Å². The first kappa shape index (κ1) is 17.5. The van der Waals surface area contributed by atoms with E-state index in [1.54, 1.807) is 0 Å². The van der Waals surface area contributed by atoms with Crippen LogP contribution in [0.5, 0.6) is 0 Å². The van der Waals surface area contributed by atoms with Crippen molar-refractivity contribution in [2.75, 3.05) is 6.54 Å². The van der Waals surface area contributed by atoms with E-state index in [-0.39, 0.29) is 0 Å². The zero-order valence-electron chi connectivity index (χ0n) is 15.2. The van der Waals surface area contributed by atoms with Crippen molar-refractivity contribution in [2.24, 2.45) is 0 Å². The molecule has 3 aromatic carbocycles. The molecule has 136 valence electrons. The molecule has 1 saturated heterocycles. The number of carboxylic acid groups (broad SMARTS) is 1. The van der Waals surface area contributed by atoms with Crippen molar-refractivity contribution in [3.05, 3.63) is 108 Å². The van der Waals surface area contributed by atoms with E-state index in [1.165, 1.54) is 0 Å². The zero-order valence-corrected chi connectivity index (χ0v) is 15.2. The molecule has 27 heavy (non-hydrogen) atoms. The third kappa shape index (κ3) is 2.94. The molecule has 4 rings (SSSR count). The summed E-state index contributed by atoms with van der Waals surface area (Å²) in [5.41, 5.74) is 2.64. The highest BCUT2D eigenvalue weighted by Crippen LogP contribution is 2.45. The molecule has 0 aliphatic carbocycles. The summed E-state index contributed by atoms with van der Waals surface area (Å²) in [7, 11) is 0. The van der Waals surface area contributed by atoms with Crippen molar-refractivity contribution in [1.82, 2.24) is 4.90 Å². The first-order valence-corrected chi connectivity index (χ1v) is 9.40. The summed E-state index contributed by atoms with van der Waals surface area (Å²) in [4.78, 5) is 14.3. The van der Waals surface area contributed by atoms with Crippen molar-refractivity contribution in [2.45, 2.75) is 24.4 Å². The normalized spacial score (nSPS) is 17.7. The number of rotatable bonds is 5. The molecule has 0 aromatic heterocycles. The van der Waals surface area contributed by atoms with Crippen molar-refractivity contribution in [1.29, 1.82) is 0 Å². The van der Waals surface area contributed by atoms with E-state index in [4.69, 9.17) is 0 Å². The van der Waals surface area contributed by atoms with E-state index in [0.29, 0.717) is 6.42 Å². The molecule has 1 aliphatic rings. The van der Waals surface area contributed by atoms with Crippen molar-refractivity contribution < 1.29 is 9.90 Å². The predicted molar refractivity (Wildman–Crippen MR) is 107 cm³/mol. The number of hydrogen-bond acceptors (Lipinski definition) is 2. The van der Waals surface area contributed by atoms with Gasteiger partial charge in [0.05, 0.1) is 5.54 Å². The Hall–Kier alpha value is -2.91. The minimum Gasteiger partial charge on any atom is -0.480 e. The lowest BCUT2D eigenvalue weighted by atomic mass is 9.75. The van der Waals surface area contributed by atoms with Gasteiger partial charge in [-0.2, -0.15) is 0 Å². The average molecular weight is 357 g/mol. The minimum atomic E-state index is -0.750. The second kappa shape index (κ2) is 7.37. The van der Waals surface area contributed by atoms with Crippen molar-refractivity contribution in [3.63, 3.8) is 0 Å². The Balaban J connectivity index is 2.05. The number of aliphatic carboxylic acids is 1. The second-order valence-corrected chi connectivity index (χ2v) is 7.00. The maximum atomic E-state index is 12.1. The lowest BCUT2D eigenvalue weighted by Crippen LogP contribution is -2.52. The van der Waals surface area contributed by atoms with E-state index in [9.17, 15) is 9.90 Å². The molecule has 3 heteroatoms. The van der Waals surface area contributed by atoms with Crippen LogP contribution in [0, 0.1) is 0 Å². The lowest BCUT2D eigenvalue weighted by molar-refractivity contribution is -0.143. The van der Waals surface area contributed by atoms with Gasteiger partial charge in [0.1, 0.15) is 6.04 Å². The Morgan fingerprint density at radius 2 is 1.19 bits per heavy atom. The van der Waals surface area contributed by atoms with Crippen LogP contribution in [0.4, 0.5) is 0 Å². The van der Waals surface area contributed by atoms with Crippen LogP contribution >= 0.6 is 0 Å². The van der Waals surface area contributed by atoms with Gasteiger partial charge in [-0.05, 0) is 29.5 Å². The van der Waals surface area contributed by atoms with Crippen LogP contribution < -0.4 is 0 Å². The second-order valence-electron chi connectivity index (χ2n) is 7.00. The van der Waals surface area contributed by atoms with Crippen molar-refractivity contribution in [3.8, 4) is 0 Å². The molecular weight excluding hydrogens is 334 g/mol. The maximum absolute atomic E-state index is 12.1. The van der Waals surface area contributed by atoms with E-state index >= 15 is 0 Å². The molecule has 0 unspecified atom stereocenters. The van der Waals surface area contributed by atoms with Gasteiger partial charge in [-0.25, -0.2) is 0 Å². The van der Waals surface area contributed by atoms with Gasteiger partial charge < -0.3 is 5.11 Å². The highest BCUT2D eigenvalue weighted by Gasteiger charge is 2.48. The Bertz CT molecular complexity index is 797. The molecule has 1 fully saturated rings. The van der Waals surface area contributed by atoms with E-state index in [0.717, 1.165) is 29.7 Å². The molecule has 0 saturated carbocycles. The van der Waals surface area contributed by atoms with Crippen LogP contribution in [-0.4, -0.2) is 28.6 Å². The molecule has 0 amide bonds. The van der Waals surface area contributed by atoms with E-state index in [2.05, 4.69) is 41.3 Å². The van der Waals surface area contributed by atoms with Crippen LogP contribution in [0.15, 0.2) is 91.0 Å². The molecule has 1 atom stereocenters. The van der Waals surface area contributed by atoms with Gasteiger partial charge in [0.15, 0.2) is 0 Å². The zero-order chi connectivity index (χ0) is 18.7. The summed E-state index contributed by atoms with van der Waals surface area (Å²) in [6.07, 6.45) is 1.55. The molecule has 1 N–H and O–H groups in total. The lowest BCUT2D eigenvalue weighted by Gasteiger charge is -2.45. The first-order chi connectivity index (χ1) is 13.2. The fourth-order valence-electron chi connectivity index (χ4n) is 4.46. The number of hydrogen-bond donors (Lipinski definition) is 1. The van der Waals surface area contributed by atoms with Crippen LogP contribution in [-0.2, 0) is 10.3 Å². The number of likely N-dealkylation sites (tertiary alicyclic amines) is 1. The summed E-state index contributed by atoms with van der Waals surface area (Å²) in [5, 5.41) is 9.95. The van der Waals surface area contributed by atoms with Gasteiger partial charge >= 0.3 is 5.97 Å². The molecule has 0 spiro atoms. The standard InChI is InChI=1S/C24H23NO2/c26-23(27)22-17-10-18-25(22)24(19-11-4-1-5-12-19,20-13-6-2-7-14-20)21-15-8-3-9-16-21/h1-9,11-16,22H,10,17-18H2,(H,26,27)/t22-/m0/s1. The van der Waals surface area contributed by atoms with E-state index < -0.39 is 17.6 Å². The van der Waals surface area contributed by atoms with Crippen LogP contribution in [0.3, 0.4) is 0 Å². The number of carboxylic acids is 1. The minimum absolute atomic E-state index is 0.509. The molecule has 3 nitrogen and oxygen atoms in total. The highest BCUT2D eigenvalue weighted by molar-refractivity contribution is 5.74. The fraction of sp³-hybridized carbons (Fsp3) is 0.208. The fourth-order valence-corrected chi connectivity index (χ4v) is 4.46. The Morgan fingerprint density at radius 3 is 1.56 bits per heavy atom. The van der Waals surface area contributed by atoms with Gasteiger partial charge in [-0.15, -0.1) is 0 Å².